The molecule has 0 bridgehead atoms. The number of carbonyl (C=O) groups excluding carboxylic acids is 1. The highest BCUT2D eigenvalue weighted by Gasteiger charge is 2.24. The molecule has 2 aliphatic rings. The predicted molar refractivity (Wildman–Crippen MR) is 111 cm³/mol. The average Bonchev–Trinajstić information content (AvgIpc) is 3.23. The molecule has 0 atom stereocenters. The third kappa shape index (κ3) is 5.13. The van der Waals surface area contributed by atoms with Crippen LogP contribution in [0.25, 0.3) is 0 Å². The van der Waals surface area contributed by atoms with E-state index in [9.17, 15) is 9.18 Å². The van der Waals surface area contributed by atoms with Gasteiger partial charge in [0.2, 0.25) is 5.95 Å². The number of halogens is 1. The zero-order valence-electron chi connectivity index (χ0n) is 16.4. The average molecular weight is 398 g/mol. The van der Waals surface area contributed by atoms with Gasteiger partial charge in [-0.1, -0.05) is 25.0 Å². The van der Waals surface area contributed by atoms with Gasteiger partial charge in [0.25, 0.3) is 0 Å². The van der Waals surface area contributed by atoms with Crippen LogP contribution in [0.5, 0.6) is 0 Å². The van der Waals surface area contributed by atoms with Crippen molar-refractivity contribution < 1.29 is 9.18 Å². The minimum absolute atomic E-state index is 0.0531. The van der Waals surface area contributed by atoms with Gasteiger partial charge in [-0.25, -0.2) is 14.2 Å². The first kappa shape index (κ1) is 19.4. The lowest BCUT2D eigenvalue weighted by Crippen LogP contribution is -2.49. The lowest BCUT2D eigenvalue weighted by Gasteiger charge is -2.32. The first-order chi connectivity index (χ1) is 14.2. The van der Waals surface area contributed by atoms with E-state index in [-0.39, 0.29) is 17.9 Å². The summed E-state index contributed by atoms with van der Waals surface area (Å²) < 4.78 is 13.8. The van der Waals surface area contributed by atoms with Crippen molar-refractivity contribution >= 4 is 23.5 Å². The molecule has 4 rings (SSSR count). The fraction of sp³-hybridized carbons (Fsp3) is 0.476. The highest BCUT2D eigenvalue weighted by Crippen LogP contribution is 2.21. The molecule has 2 amide bonds. The second kappa shape index (κ2) is 9.07. The molecule has 8 heteroatoms. The van der Waals surface area contributed by atoms with E-state index < -0.39 is 0 Å². The molecule has 0 unspecified atom stereocenters. The van der Waals surface area contributed by atoms with Crippen LogP contribution in [0.1, 0.15) is 38.5 Å². The largest absolute Gasteiger partial charge is 0.341 e. The van der Waals surface area contributed by atoms with Gasteiger partial charge < -0.3 is 20.9 Å². The Morgan fingerprint density at radius 3 is 2.41 bits per heavy atom. The summed E-state index contributed by atoms with van der Waals surface area (Å²) >= 11 is 0. The van der Waals surface area contributed by atoms with Gasteiger partial charge in [-0.2, -0.15) is 4.98 Å². The van der Waals surface area contributed by atoms with Gasteiger partial charge in [0.1, 0.15) is 11.6 Å². The van der Waals surface area contributed by atoms with Crippen LogP contribution in [0.4, 0.5) is 26.6 Å². The Balaban J connectivity index is 1.29. The molecule has 1 aliphatic heterocycles. The minimum atomic E-state index is -0.324. The van der Waals surface area contributed by atoms with Gasteiger partial charge >= 0.3 is 6.03 Å². The van der Waals surface area contributed by atoms with E-state index in [1.165, 1.54) is 18.9 Å². The van der Waals surface area contributed by atoms with Crippen molar-refractivity contribution in [2.24, 2.45) is 0 Å². The lowest BCUT2D eigenvalue weighted by atomic mass is 10.1. The van der Waals surface area contributed by atoms with Gasteiger partial charge in [0, 0.05) is 31.4 Å². The fourth-order valence-electron chi connectivity index (χ4n) is 3.98. The van der Waals surface area contributed by atoms with Crippen LogP contribution < -0.4 is 20.9 Å². The second-order valence-corrected chi connectivity index (χ2v) is 7.71. The van der Waals surface area contributed by atoms with Gasteiger partial charge in [0.15, 0.2) is 0 Å². The molecular formula is C21H27FN6O. The molecule has 0 radical (unpaired) electrons. The standard InChI is InChI=1S/C21H27FN6O/c22-17-7-3-4-8-18(17)26-19-9-12-23-20(27-19)28-13-10-16(11-14-28)25-21(29)24-15-5-1-2-6-15/h3-4,7-9,12,15-16H,1-2,5-6,10-11,13-14H2,(H,23,26,27)(H2,24,25,29). The number of nitrogens with zero attached hydrogens (tertiary/aromatic N) is 3. The van der Waals surface area contributed by atoms with Crippen molar-refractivity contribution in [1.82, 2.24) is 20.6 Å². The number of para-hydroxylation sites is 1. The Morgan fingerprint density at radius 1 is 1.00 bits per heavy atom. The predicted octanol–water partition coefficient (Wildman–Crippen LogP) is 3.57. The van der Waals surface area contributed by atoms with E-state index in [4.69, 9.17) is 0 Å². The Morgan fingerprint density at radius 2 is 1.69 bits per heavy atom. The van der Waals surface area contributed by atoms with Gasteiger partial charge in [-0.3, -0.25) is 0 Å². The summed E-state index contributed by atoms with van der Waals surface area (Å²) in [6, 6.07) is 8.66. The second-order valence-electron chi connectivity index (χ2n) is 7.71. The Bertz CT molecular complexity index is 833. The van der Waals surface area contributed by atoms with Gasteiger partial charge in [0.05, 0.1) is 5.69 Å². The number of nitrogens with one attached hydrogen (secondary N) is 3. The lowest BCUT2D eigenvalue weighted by molar-refractivity contribution is 0.230. The van der Waals surface area contributed by atoms with Crippen LogP contribution in [0.2, 0.25) is 0 Å². The molecule has 1 aromatic heterocycles. The van der Waals surface area contributed by atoms with Crippen molar-refractivity contribution in [2.75, 3.05) is 23.3 Å². The number of aromatic nitrogens is 2. The van der Waals surface area contributed by atoms with E-state index in [0.717, 1.165) is 38.8 Å². The molecule has 1 aromatic carbocycles. The SMILES string of the molecule is O=C(NC1CCCC1)NC1CCN(c2nccc(Nc3ccccc3F)n2)CC1. The summed E-state index contributed by atoms with van der Waals surface area (Å²) in [5.41, 5.74) is 0.383. The Hall–Kier alpha value is -2.90. The molecule has 2 aromatic rings. The summed E-state index contributed by atoms with van der Waals surface area (Å²) in [5.74, 6) is 0.840. The van der Waals surface area contributed by atoms with Crippen LogP contribution in [0.15, 0.2) is 36.5 Å². The third-order valence-corrected chi connectivity index (χ3v) is 5.58. The topological polar surface area (TPSA) is 82.2 Å². The molecule has 1 aliphatic carbocycles. The van der Waals surface area contributed by atoms with E-state index in [0.29, 0.717) is 23.5 Å². The van der Waals surface area contributed by atoms with Crippen molar-refractivity contribution in [3.8, 4) is 0 Å². The summed E-state index contributed by atoms with van der Waals surface area (Å²) in [7, 11) is 0. The molecule has 1 saturated carbocycles. The van der Waals surface area contributed by atoms with Crippen molar-refractivity contribution in [3.63, 3.8) is 0 Å². The van der Waals surface area contributed by atoms with Crippen LogP contribution in [-0.2, 0) is 0 Å². The number of urea groups is 1. The first-order valence-corrected chi connectivity index (χ1v) is 10.3. The number of hydrogen-bond acceptors (Lipinski definition) is 5. The normalized spacial score (nSPS) is 17.9. The molecule has 2 fully saturated rings. The van der Waals surface area contributed by atoms with Crippen LogP contribution in [-0.4, -0.2) is 41.2 Å². The van der Waals surface area contributed by atoms with Crippen LogP contribution in [0, 0.1) is 5.82 Å². The Labute approximate surface area is 170 Å². The van der Waals surface area contributed by atoms with Crippen molar-refractivity contribution in [3.05, 3.63) is 42.3 Å². The molecule has 3 N–H and O–H groups in total. The maximum absolute atomic E-state index is 13.8. The number of amides is 2. The quantitative estimate of drug-likeness (QED) is 0.717. The van der Waals surface area contributed by atoms with Gasteiger partial charge in [-0.05, 0) is 43.9 Å². The fourth-order valence-corrected chi connectivity index (χ4v) is 3.98. The Kier molecular flexibility index (Phi) is 6.07. The number of benzene rings is 1. The van der Waals surface area contributed by atoms with Crippen molar-refractivity contribution in [1.29, 1.82) is 0 Å². The van der Waals surface area contributed by atoms with E-state index in [1.54, 1.807) is 30.5 Å². The highest BCUT2D eigenvalue weighted by molar-refractivity contribution is 5.74. The first-order valence-electron chi connectivity index (χ1n) is 10.3. The molecule has 1 saturated heterocycles. The highest BCUT2D eigenvalue weighted by atomic mass is 19.1. The summed E-state index contributed by atoms with van der Waals surface area (Å²) in [4.78, 5) is 23.1. The van der Waals surface area contributed by atoms with E-state index in [2.05, 4.69) is 30.8 Å². The maximum Gasteiger partial charge on any atom is 0.315 e. The van der Waals surface area contributed by atoms with E-state index >= 15 is 0 Å². The smallest absolute Gasteiger partial charge is 0.315 e. The molecule has 2 heterocycles. The zero-order valence-corrected chi connectivity index (χ0v) is 16.4. The summed E-state index contributed by atoms with van der Waals surface area (Å²) in [6.45, 7) is 1.52. The third-order valence-electron chi connectivity index (χ3n) is 5.58. The number of carbonyl (C=O) groups is 1. The number of hydrogen-bond donors (Lipinski definition) is 3. The van der Waals surface area contributed by atoms with Crippen molar-refractivity contribution in [2.45, 2.75) is 50.6 Å². The van der Waals surface area contributed by atoms with Crippen LogP contribution >= 0.6 is 0 Å². The van der Waals surface area contributed by atoms with Crippen LogP contribution in [0.3, 0.4) is 0 Å². The van der Waals surface area contributed by atoms with Gasteiger partial charge in [-0.15, -0.1) is 0 Å². The number of piperidine rings is 1. The monoisotopic (exact) mass is 398 g/mol. The van der Waals surface area contributed by atoms with E-state index in [1.807, 2.05) is 0 Å². The number of anilines is 3. The summed E-state index contributed by atoms with van der Waals surface area (Å²) in [5, 5.41) is 9.18. The molecule has 0 spiro atoms. The maximum atomic E-state index is 13.8. The molecule has 7 nitrogen and oxygen atoms in total. The molecular weight excluding hydrogens is 371 g/mol. The molecule has 29 heavy (non-hydrogen) atoms. The minimum Gasteiger partial charge on any atom is -0.341 e. The zero-order chi connectivity index (χ0) is 20.1. The molecule has 154 valence electrons. The number of rotatable bonds is 5. The summed E-state index contributed by atoms with van der Waals surface area (Å²) in [6.07, 6.45) is 7.92.